The highest BCUT2D eigenvalue weighted by Gasteiger charge is 2.32. The van der Waals surface area contributed by atoms with E-state index in [-0.39, 0.29) is 0 Å². The summed E-state index contributed by atoms with van der Waals surface area (Å²) in [4.78, 5) is 21.2. The molecule has 72 heavy (non-hydrogen) atoms. The average Bonchev–Trinajstić information content (AvgIpc) is 4.14. The van der Waals surface area contributed by atoms with Crippen molar-refractivity contribution in [2.45, 2.75) is 158 Å². The topological polar surface area (TPSA) is 57.4 Å². The third-order valence-electron chi connectivity index (χ3n) is 15.0. The zero-order valence-electron chi connectivity index (χ0n) is 44.8. The number of nitrogens with one attached hydrogen (secondary N) is 2. The van der Waals surface area contributed by atoms with Gasteiger partial charge in [0.15, 0.2) is 0 Å². The highest BCUT2D eigenvalue weighted by Crippen LogP contribution is 2.51. The number of fused-ring (bicyclic) bond motifs is 8. The number of aromatic amines is 2. The second kappa shape index (κ2) is 23.4. The van der Waals surface area contributed by atoms with Gasteiger partial charge in [-0.2, -0.15) is 0 Å². The van der Waals surface area contributed by atoms with E-state index in [4.69, 9.17) is 9.97 Å². The zero-order valence-corrected chi connectivity index (χ0v) is 44.8. The van der Waals surface area contributed by atoms with E-state index in [9.17, 15) is 0 Å². The predicted octanol–water partition coefficient (Wildman–Crippen LogP) is 19.8. The van der Waals surface area contributed by atoms with Crippen molar-refractivity contribution in [3.63, 3.8) is 0 Å². The quantitative estimate of drug-likeness (QED) is 0.0800. The van der Waals surface area contributed by atoms with Gasteiger partial charge in [-0.3, -0.25) is 0 Å². The van der Waals surface area contributed by atoms with Crippen molar-refractivity contribution in [2.75, 3.05) is 0 Å². The number of hydrogen-bond donors (Lipinski definition) is 2. The maximum absolute atomic E-state index is 6.22. The van der Waals surface area contributed by atoms with E-state index in [1.54, 1.807) is 0 Å². The molecule has 2 aliphatic rings. The van der Waals surface area contributed by atoms with Gasteiger partial charge in [0.05, 0.1) is 44.8 Å². The monoisotopic (exact) mass is 951 g/mol. The number of rotatable bonds is 20. The molecular weight excluding hydrogens is 873 g/mol. The van der Waals surface area contributed by atoms with Crippen molar-refractivity contribution in [3.05, 3.63) is 166 Å². The molecule has 5 heterocycles. The molecule has 370 valence electrons. The van der Waals surface area contributed by atoms with Crippen LogP contribution in [-0.2, 0) is 25.7 Å². The number of allylic oxidation sites excluding steroid dienone is 4. The molecule has 4 nitrogen and oxygen atoms in total. The Morgan fingerprint density at radius 3 is 0.639 bits per heavy atom. The van der Waals surface area contributed by atoms with Gasteiger partial charge in [-0.15, -0.1) is 0 Å². The fraction of sp³-hybridized carbons (Fsp3) is 0.353. The van der Waals surface area contributed by atoms with E-state index >= 15 is 0 Å². The summed E-state index contributed by atoms with van der Waals surface area (Å²) in [6, 6.07) is 45.0. The molecule has 0 unspecified atom stereocenters. The Hall–Kier alpha value is -6.52. The minimum Gasteiger partial charge on any atom is -0.354 e. The summed E-state index contributed by atoms with van der Waals surface area (Å²) in [5.41, 5.74) is 30.2. The van der Waals surface area contributed by atoms with Crippen LogP contribution in [0.2, 0.25) is 0 Å². The molecule has 9 rings (SSSR count). The first-order valence-corrected chi connectivity index (χ1v) is 28.0. The van der Waals surface area contributed by atoms with Gasteiger partial charge in [0.25, 0.3) is 0 Å². The standard InChI is InChI=1S/C68H78N4/c1-9-29-49-50(30-10-2)62-58(46-39-23-18-24-40-46)64-53(33-13-5)54(34-14-6)66(71-64)60(48-43-27-20-28-44-48)68-56(36-16-8)55(35-15-7)67(72-68)59(47-41-25-19-26-42-47)65-52(32-12-4)51(31-11-3)63(70-65)57(61(49)69-62)45-37-21-17-22-38-45/h17-28,37-44,69,72H,9-16,29-36H2,1-8H3. The largest absolute Gasteiger partial charge is 0.354 e. The number of H-pyrrole nitrogens is 2. The van der Waals surface area contributed by atoms with Crippen LogP contribution < -0.4 is 0 Å². The Bertz CT molecular complexity index is 2810. The summed E-state index contributed by atoms with van der Waals surface area (Å²) in [7, 11) is 0. The Labute approximate surface area is 431 Å². The molecule has 0 radical (unpaired) electrons. The zero-order chi connectivity index (χ0) is 50.1. The van der Waals surface area contributed by atoms with Crippen LogP contribution in [0.4, 0.5) is 0 Å². The first-order chi connectivity index (χ1) is 35.5. The number of hydrogen-bond acceptors (Lipinski definition) is 2. The molecular formula is C68H78N4. The fourth-order valence-electron chi connectivity index (χ4n) is 12.1. The second-order valence-electron chi connectivity index (χ2n) is 20.2. The Kier molecular flexibility index (Phi) is 16.4. The molecule has 4 aromatic carbocycles. The van der Waals surface area contributed by atoms with E-state index in [1.807, 2.05) is 0 Å². The lowest BCUT2D eigenvalue weighted by Crippen LogP contribution is -1.96. The van der Waals surface area contributed by atoms with Crippen LogP contribution in [0.15, 0.2) is 121 Å². The summed E-state index contributed by atoms with van der Waals surface area (Å²) in [6.07, 6.45) is 15.8. The van der Waals surface area contributed by atoms with Gasteiger partial charge in [-0.1, -0.05) is 228 Å². The number of benzene rings is 4. The van der Waals surface area contributed by atoms with Gasteiger partial charge >= 0.3 is 0 Å². The first-order valence-electron chi connectivity index (χ1n) is 28.0. The highest BCUT2D eigenvalue weighted by molar-refractivity contribution is 6.09. The molecule has 0 aliphatic carbocycles. The lowest BCUT2D eigenvalue weighted by molar-refractivity contribution is 0.877. The van der Waals surface area contributed by atoms with Crippen LogP contribution in [0, 0.1) is 0 Å². The van der Waals surface area contributed by atoms with Gasteiger partial charge in [0.2, 0.25) is 0 Å². The van der Waals surface area contributed by atoms with Crippen LogP contribution >= 0.6 is 0 Å². The summed E-state index contributed by atoms with van der Waals surface area (Å²) < 4.78 is 0. The third-order valence-corrected chi connectivity index (χ3v) is 15.0. The molecule has 7 aromatic rings. The molecule has 4 heteroatoms. The number of nitrogens with zero attached hydrogens (tertiary/aromatic N) is 2. The Morgan fingerprint density at radius 1 is 0.264 bits per heavy atom. The molecule has 2 aliphatic heterocycles. The van der Waals surface area contributed by atoms with Crippen molar-refractivity contribution < 1.29 is 0 Å². The molecule has 0 spiro atoms. The van der Waals surface area contributed by atoms with E-state index in [0.717, 1.165) is 126 Å². The number of aromatic nitrogens is 4. The normalized spacial score (nSPS) is 12.7. The highest BCUT2D eigenvalue weighted by atomic mass is 14.8. The lowest BCUT2D eigenvalue weighted by atomic mass is 9.88. The Morgan fingerprint density at radius 2 is 0.458 bits per heavy atom. The van der Waals surface area contributed by atoms with Crippen molar-refractivity contribution in [1.29, 1.82) is 0 Å². The lowest BCUT2D eigenvalue weighted by Gasteiger charge is -2.13. The summed E-state index contributed by atoms with van der Waals surface area (Å²) in [6.45, 7) is 18.8. The summed E-state index contributed by atoms with van der Waals surface area (Å²) in [5, 5.41) is 0. The SMILES string of the molecule is CCCC1=C(CCC)c2nc1c(-c1ccccc1)c1[nH]c(c(CCC)c1CCC)c(-c1ccccc1)c1nc(c(-c3ccccc3)c3[nH]c(c(CCC)c3CCC)c2-c2ccccc2)C(CCC)=C1CCC. The van der Waals surface area contributed by atoms with Crippen molar-refractivity contribution >= 4 is 44.4 Å². The van der Waals surface area contributed by atoms with Gasteiger partial charge in [0, 0.05) is 22.3 Å². The summed E-state index contributed by atoms with van der Waals surface area (Å²) in [5.74, 6) is 0. The molecule has 0 saturated heterocycles. The van der Waals surface area contributed by atoms with Crippen molar-refractivity contribution in [1.82, 2.24) is 19.9 Å². The first kappa shape index (κ1) is 50.4. The van der Waals surface area contributed by atoms with Gasteiger partial charge in [-0.25, -0.2) is 9.97 Å². The molecule has 3 aromatic heterocycles. The summed E-state index contributed by atoms with van der Waals surface area (Å²) >= 11 is 0. The number of aryl methyl sites for hydroxylation is 4. The van der Waals surface area contributed by atoms with Crippen LogP contribution in [0.25, 0.3) is 88.9 Å². The molecule has 8 bridgehead atoms. The molecule has 0 saturated carbocycles. The van der Waals surface area contributed by atoms with Crippen LogP contribution in [0.3, 0.4) is 0 Å². The van der Waals surface area contributed by atoms with Crippen LogP contribution in [0.1, 0.15) is 177 Å². The predicted molar refractivity (Wildman–Crippen MR) is 312 cm³/mol. The third kappa shape index (κ3) is 9.50. The van der Waals surface area contributed by atoms with Crippen molar-refractivity contribution in [2.24, 2.45) is 0 Å². The maximum Gasteiger partial charge on any atom is 0.0772 e. The minimum absolute atomic E-state index is 0.946. The second-order valence-corrected chi connectivity index (χ2v) is 20.2. The van der Waals surface area contributed by atoms with Gasteiger partial charge < -0.3 is 9.97 Å². The van der Waals surface area contributed by atoms with E-state index in [1.165, 1.54) is 111 Å². The smallest absolute Gasteiger partial charge is 0.0772 e. The minimum atomic E-state index is 0.946. The van der Waals surface area contributed by atoms with Crippen LogP contribution in [-0.4, -0.2) is 19.9 Å². The Balaban J connectivity index is 1.73. The van der Waals surface area contributed by atoms with Gasteiger partial charge in [0.1, 0.15) is 0 Å². The van der Waals surface area contributed by atoms with Crippen molar-refractivity contribution in [3.8, 4) is 44.5 Å². The van der Waals surface area contributed by atoms with E-state index in [0.29, 0.717) is 0 Å². The molecule has 0 fully saturated rings. The van der Waals surface area contributed by atoms with Crippen LogP contribution in [0.5, 0.6) is 0 Å². The van der Waals surface area contributed by atoms with E-state index in [2.05, 4.69) is 187 Å². The molecule has 0 amide bonds. The fourth-order valence-corrected chi connectivity index (χ4v) is 12.1. The maximum atomic E-state index is 6.22. The molecule has 2 N–H and O–H groups in total. The van der Waals surface area contributed by atoms with E-state index < -0.39 is 0 Å². The molecule has 0 atom stereocenters. The average molecular weight is 951 g/mol. The van der Waals surface area contributed by atoms with Gasteiger partial charge in [-0.05, 0) is 118 Å².